The highest BCUT2D eigenvalue weighted by Crippen LogP contribution is 2.43. The monoisotopic (exact) mass is 435 g/mol. The second-order valence-corrected chi connectivity index (χ2v) is 10.3. The van der Waals surface area contributed by atoms with Crippen LogP contribution in [0.3, 0.4) is 0 Å². The Morgan fingerprint density at radius 1 is 0.852 bits per heavy atom. The SMILES string of the molecule is COc1ccc(N2CC(c3cc(Cl)sc3C)=C(c3cc(Cl)sc3C)C2)cc1. The predicted molar refractivity (Wildman–Crippen MR) is 120 cm³/mol. The summed E-state index contributed by atoms with van der Waals surface area (Å²) in [7, 11) is 1.69. The van der Waals surface area contributed by atoms with Crippen molar-refractivity contribution in [1.29, 1.82) is 0 Å². The molecule has 1 aliphatic heterocycles. The van der Waals surface area contributed by atoms with Crippen molar-refractivity contribution in [2.75, 3.05) is 25.1 Å². The van der Waals surface area contributed by atoms with E-state index in [0.29, 0.717) is 0 Å². The van der Waals surface area contributed by atoms with Crippen LogP contribution in [-0.2, 0) is 0 Å². The van der Waals surface area contributed by atoms with Gasteiger partial charge in [0.1, 0.15) is 5.75 Å². The largest absolute Gasteiger partial charge is 0.497 e. The Morgan fingerprint density at radius 2 is 1.33 bits per heavy atom. The minimum Gasteiger partial charge on any atom is -0.497 e. The highest BCUT2D eigenvalue weighted by Gasteiger charge is 2.28. The van der Waals surface area contributed by atoms with Gasteiger partial charge >= 0.3 is 0 Å². The van der Waals surface area contributed by atoms with Crippen LogP contribution in [0.1, 0.15) is 20.9 Å². The summed E-state index contributed by atoms with van der Waals surface area (Å²) in [6, 6.07) is 12.4. The zero-order valence-corrected chi connectivity index (χ0v) is 18.5. The van der Waals surface area contributed by atoms with Crippen LogP contribution in [0.15, 0.2) is 36.4 Å². The fourth-order valence-corrected chi connectivity index (χ4v) is 6.03. The standard InChI is InChI=1S/C21H19Cl2NOS2/c1-12-16(8-20(22)26-12)18-10-24(14-4-6-15(25-3)7-5-14)11-19(18)17-9-21(23)27-13(17)2/h4-9H,10-11H2,1-3H3. The number of ether oxygens (including phenoxy) is 1. The zero-order valence-electron chi connectivity index (χ0n) is 15.3. The molecular formula is C21H19Cl2NOS2. The molecule has 3 heterocycles. The topological polar surface area (TPSA) is 12.5 Å². The second-order valence-electron chi connectivity index (χ2n) is 6.55. The molecule has 0 unspecified atom stereocenters. The van der Waals surface area contributed by atoms with E-state index in [2.05, 4.69) is 43.0 Å². The van der Waals surface area contributed by atoms with Gasteiger partial charge in [-0.15, -0.1) is 22.7 Å². The Bertz CT molecular complexity index is 959. The van der Waals surface area contributed by atoms with Crippen molar-refractivity contribution < 1.29 is 4.74 Å². The number of hydrogen-bond donors (Lipinski definition) is 0. The van der Waals surface area contributed by atoms with Crippen molar-refractivity contribution in [3.05, 3.63) is 66.0 Å². The third kappa shape index (κ3) is 3.64. The van der Waals surface area contributed by atoms with Crippen molar-refractivity contribution in [3.8, 4) is 5.75 Å². The summed E-state index contributed by atoms with van der Waals surface area (Å²) in [5, 5.41) is 0. The van der Waals surface area contributed by atoms with Gasteiger partial charge < -0.3 is 9.64 Å². The van der Waals surface area contributed by atoms with E-state index < -0.39 is 0 Å². The van der Waals surface area contributed by atoms with E-state index in [1.807, 2.05) is 12.1 Å². The summed E-state index contributed by atoms with van der Waals surface area (Å²) < 4.78 is 6.96. The molecule has 4 rings (SSSR count). The first-order chi connectivity index (χ1) is 13.0. The van der Waals surface area contributed by atoms with E-state index >= 15 is 0 Å². The normalized spacial score (nSPS) is 14.3. The molecule has 0 atom stereocenters. The minimum atomic E-state index is 0.831. The van der Waals surface area contributed by atoms with Gasteiger partial charge in [-0.05, 0) is 72.5 Å². The van der Waals surface area contributed by atoms with Gasteiger partial charge in [0.2, 0.25) is 0 Å². The number of rotatable bonds is 4. The highest BCUT2D eigenvalue weighted by molar-refractivity contribution is 7.16. The van der Waals surface area contributed by atoms with Gasteiger partial charge in [-0.2, -0.15) is 0 Å². The van der Waals surface area contributed by atoms with Crippen molar-refractivity contribution in [3.63, 3.8) is 0 Å². The molecule has 1 aliphatic rings. The predicted octanol–water partition coefficient (Wildman–Crippen LogP) is 7.17. The van der Waals surface area contributed by atoms with Crippen LogP contribution in [0.5, 0.6) is 5.75 Å². The van der Waals surface area contributed by atoms with Gasteiger partial charge in [-0.1, -0.05) is 23.2 Å². The molecule has 0 saturated heterocycles. The lowest BCUT2D eigenvalue weighted by molar-refractivity contribution is 0.415. The molecule has 140 valence electrons. The Labute approximate surface area is 177 Å². The first-order valence-electron chi connectivity index (χ1n) is 8.60. The summed E-state index contributed by atoms with van der Waals surface area (Å²) in [5.74, 6) is 0.868. The second kappa shape index (κ2) is 7.51. The van der Waals surface area contributed by atoms with Gasteiger partial charge in [-0.25, -0.2) is 0 Å². The maximum absolute atomic E-state index is 6.31. The van der Waals surface area contributed by atoms with E-state index in [1.165, 1.54) is 37.7 Å². The van der Waals surface area contributed by atoms with Gasteiger partial charge in [-0.3, -0.25) is 0 Å². The van der Waals surface area contributed by atoms with Crippen LogP contribution < -0.4 is 9.64 Å². The van der Waals surface area contributed by atoms with Gasteiger partial charge in [0, 0.05) is 28.5 Å². The molecule has 6 heteroatoms. The van der Waals surface area contributed by atoms with Crippen LogP contribution in [0.25, 0.3) is 11.1 Å². The molecule has 0 radical (unpaired) electrons. The van der Waals surface area contributed by atoms with Crippen LogP contribution >= 0.6 is 45.9 Å². The van der Waals surface area contributed by atoms with Crippen LogP contribution in [0.4, 0.5) is 5.69 Å². The number of aryl methyl sites for hydroxylation is 2. The Hall–Kier alpha value is -1.46. The zero-order chi connectivity index (χ0) is 19.1. The molecular weight excluding hydrogens is 417 g/mol. The molecule has 2 nitrogen and oxygen atoms in total. The number of hydrogen-bond acceptors (Lipinski definition) is 4. The van der Waals surface area contributed by atoms with Crippen LogP contribution in [-0.4, -0.2) is 20.2 Å². The molecule has 2 aromatic heterocycles. The maximum Gasteiger partial charge on any atom is 0.119 e. The number of methoxy groups -OCH3 is 1. The molecule has 27 heavy (non-hydrogen) atoms. The number of anilines is 1. The third-order valence-electron chi connectivity index (χ3n) is 4.93. The Balaban J connectivity index is 1.77. The number of thiophene rings is 2. The van der Waals surface area contributed by atoms with Crippen molar-refractivity contribution in [1.82, 2.24) is 0 Å². The number of benzene rings is 1. The Kier molecular flexibility index (Phi) is 5.26. The van der Waals surface area contributed by atoms with Gasteiger partial charge in [0.25, 0.3) is 0 Å². The first kappa shape index (κ1) is 18.9. The molecule has 1 aromatic carbocycles. The molecule has 0 aliphatic carbocycles. The molecule has 0 saturated carbocycles. The quantitative estimate of drug-likeness (QED) is 0.430. The average Bonchev–Trinajstić information content (AvgIpc) is 3.31. The van der Waals surface area contributed by atoms with Crippen molar-refractivity contribution >= 4 is 62.7 Å². The van der Waals surface area contributed by atoms with Crippen LogP contribution in [0.2, 0.25) is 8.67 Å². The fraction of sp³-hybridized carbons (Fsp3) is 0.238. The van der Waals surface area contributed by atoms with E-state index in [4.69, 9.17) is 27.9 Å². The average molecular weight is 436 g/mol. The number of nitrogens with zero attached hydrogens (tertiary/aromatic N) is 1. The number of halogens is 2. The highest BCUT2D eigenvalue weighted by atomic mass is 35.5. The summed E-state index contributed by atoms with van der Waals surface area (Å²) in [6.07, 6.45) is 0. The summed E-state index contributed by atoms with van der Waals surface area (Å²) in [4.78, 5) is 4.89. The fourth-order valence-electron chi connectivity index (χ4n) is 3.59. The van der Waals surface area contributed by atoms with Crippen molar-refractivity contribution in [2.24, 2.45) is 0 Å². The lowest BCUT2D eigenvalue weighted by Crippen LogP contribution is -2.20. The molecule has 0 amide bonds. The summed E-state index contributed by atoms with van der Waals surface area (Å²) in [6.45, 7) is 5.98. The van der Waals surface area contributed by atoms with E-state index in [-0.39, 0.29) is 0 Å². The lowest BCUT2D eigenvalue weighted by atomic mass is 9.98. The third-order valence-corrected chi connectivity index (χ3v) is 7.28. The maximum atomic E-state index is 6.31. The summed E-state index contributed by atoms with van der Waals surface area (Å²) in [5.41, 5.74) is 6.35. The van der Waals surface area contributed by atoms with Gasteiger partial charge in [0.15, 0.2) is 0 Å². The van der Waals surface area contributed by atoms with Crippen LogP contribution in [0, 0.1) is 13.8 Å². The summed E-state index contributed by atoms with van der Waals surface area (Å²) >= 11 is 15.9. The smallest absolute Gasteiger partial charge is 0.119 e. The molecule has 3 aromatic rings. The molecule has 0 fully saturated rings. The molecule has 0 N–H and O–H groups in total. The van der Waals surface area contributed by atoms with E-state index in [1.54, 1.807) is 29.8 Å². The molecule has 0 bridgehead atoms. The van der Waals surface area contributed by atoms with E-state index in [0.717, 1.165) is 27.5 Å². The Morgan fingerprint density at radius 3 is 1.70 bits per heavy atom. The first-order valence-corrected chi connectivity index (χ1v) is 11.0. The van der Waals surface area contributed by atoms with Gasteiger partial charge in [0.05, 0.1) is 15.8 Å². The van der Waals surface area contributed by atoms with Crippen molar-refractivity contribution in [2.45, 2.75) is 13.8 Å². The molecule has 0 spiro atoms. The van der Waals surface area contributed by atoms with E-state index in [9.17, 15) is 0 Å². The minimum absolute atomic E-state index is 0.831. The lowest BCUT2D eigenvalue weighted by Gasteiger charge is -2.19.